The second-order valence-corrected chi connectivity index (χ2v) is 4.01. The minimum absolute atomic E-state index is 0.0501. The first kappa shape index (κ1) is 13.4. The molecule has 0 bridgehead atoms. The van der Waals surface area contributed by atoms with E-state index in [1.54, 1.807) is 0 Å². The first-order valence-electron chi connectivity index (χ1n) is 5.58. The molecule has 0 aliphatic carbocycles. The van der Waals surface area contributed by atoms with Gasteiger partial charge in [-0.1, -0.05) is 12.1 Å². The lowest BCUT2D eigenvalue weighted by atomic mass is 10.1. The standard InChI is InChI=1S/C14H11F3O2/c1-8(18)10-3-2-4-12(16)14(10)19-9-5-6-11(15)13(17)7-9/h2-8,18H,1H3/t8-/m0/s1. The number of benzene rings is 2. The van der Waals surface area contributed by atoms with Crippen LogP contribution in [0.2, 0.25) is 0 Å². The van der Waals surface area contributed by atoms with E-state index >= 15 is 0 Å². The number of hydrogen-bond acceptors (Lipinski definition) is 2. The average Bonchev–Trinajstić information content (AvgIpc) is 2.36. The van der Waals surface area contributed by atoms with Gasteiger partial charge >= 0.3 is 0 Å². The normalized spacial score (nSPS) is 12.3. The van der Waals surface area contributed by atoms with E-state index in [1.807, 2.05) is 0 Å². The average molecular weight is 268 g/mol. The molecule has 2 aromatic carbocycles. The minimum atomic E-state index is -1.09. The predicted molar refractivity (Wildman–Crippen MR) is 63.5 cm³/mol. The molecule has 0 aromatic heterocycles. The topological polar surface area (TPSA) is 29.5 Å². The summed E-state index contributed by atoms with van der Waals surface area (Å²) in [6.07, 6.45) is -0.948. The van der Waals surface area contributed by atoms with Crippen molar-refractivity contribution < 1.29 is 23.0 Å². The molecule has 100 valence electrons. The van der Waals surface area contributed by atoms with E-state index in [-0.39, 0.29) is 17.1 Å². The van der Waals surface area contributed by atoms with Crippen LogP contribution in [-0.4, -0.2) is 5.11 Å². The number of hydrogen-bond donors (Lipinski definition) is 1. The van der Waals surface area contributed by atoms with Crippen molar-refractivity contribution >= 4 is 0 Å². The maximum atomic E-state index is 13.7. The van der Waals surface area contributed by atoms with Crippen LogP contribution >= 0.6 is 0 Å². The Hall–Kier alpha value is -2.01. The van der Waals surface area contributed by atoms with Crippen molar-refractivity contribution in [2.24, 2.45) is 0 Å². The lowest BCUT2D eigenvalue weighted by Crippen LogP contribution is -1.99. The molecule has 0 unspecified atom stereocenters. The van der Waals surface area contributed by atoms with Gasteiger partial charge in [-0.3, -0.25) is 0 Å². The van der Waals surface area contributed by atoms with Gasteiger partial charge in [-0.05, 0) is 25.1 Å². The van der Waals surface area contributed by atoms with E-state index in [4.69, 9.17) is 4.74 Å². The van der Waals surface area contributed by atoms with E-state index in [2.05, 4.69) is 0 Å². The van der Waals surface area contributed by atoms with Crippen molar-refractivity contribution in [2.45, 2.75) is 13.0 Å². The third-order valence-electron chi connectivity index (χ3n) is 2.56. The summed E-state index contributed by atoms with van der Waals surface area (Å²) in [6, 6.07) is 6.94. The lowest BCUT2D eigenvalue weighted by Gasteiger charge is -2.13. The monoisotopic (exact) mass is 268 g/mol. The molecule has 0 saturated carbocycles. The van der Waals surface area contributed by atoms with Crippen LogP contribution in [0.25, 0.3) is 0 Å². The SMILES string of the molecule is C[C@H](O)c1cccc(F)c1Oc1ccc(F)c(F)c1. The van der Waals surface area contributed by atoms with Gasteiger partial charge in [0, 0.05) is 11.6 Å². The van der Waals surface area contributed by atoms with Crippen LogP contribution in [0.15, 0.2) is 36.4 Å². The van der Waals surface area contributed by atoms with Crippen molar-refractivity contribution in [2.75, 3.05) is 0 Å². The zero-order valence-electron chi connectivity index (χ0n) is 10.0. The maximum Gasteiger partial charge on any atom is 0.168 e. The van der Waals surface area contributed by atoms with Gasteiger partial charge in [0.25, 0.3) is 0 Å². The van der Waals surface area contributed by atoms with Crippen LogP contribution in [0.3, 0.4) is 0 Å². The lowest BCUT2D eigenvalue weighted by molar-refractivity contribution is 0.194. The summed E-state index contributed by atoms with van der Waals surface area (Å²) in [5.41, 5.74) is 0.227. The van der Waals surface area contributed by atoms with Crippen molar-refractivity contribution in [1.82, 2.24) is 0 Å². The molecule has 0 radical (unpaired) electrons. The highest BCUT2D eigenvalue weighted by Crippen LogP contribution is 2.32. The Balaban J connectivity index is 2.40. The third-order valence-corrected chi connectivity index (χ3v) is 2.56. The molecule has 2 aromatic rings. The second kappa shape index (κ2) is 5.32. The smallest absolute Gasteiger partial charge is 0.168 e. The fourth-order valence-electron chi connectivity index (χ4n) is 1.62. The fourth-order valence-corrected chi connectivity index (χ4v) is 1.62. The second-order valence-electron chi connectivity index (χ2n) is 4.01. The summed E-state index contributed by atoms with van der Waals surface area (Å²) in [7, 11) is 0. The number of para-hydroxylation sites is 1. The number of rotatable bonds is 3. The van der Waals surface area contributed by atoms with Crippen LogP contribution in [0, 0.1) is 17.5 Å². The van der Waals surface area contributed by atoms with Gasteiger partial charge in [0.1, 0.15) is 5.75 Å². The van der Waals surface area contributed by atoms with Crippen molar-refractivity contribution in [3.8, 4) is 11.5 Å². The summed E-state index contributed by atoms with van der Waals surface area (Å²) >= 11 is 0. The van der Waals surface area contributed by atoms with E-state index < -0.39 is 23.6 Å². The quantitative estimate of drug-likeness (QED) is 0.913. The van der Waals surface area contributed by atoms with Crippen molar-refractivity contribution in [1.29, 1.82) is 0 Å². The van der Waals surface area contributed by atoms with Crippen LogP contribution in [0.5, 0.6) is 11.5 Å². The van der Waals surface area contributed by atoms with Gasteiger partial charge < -0.3 is 9.84 Å². The molecule has 1 N–H and O–H groups in total. The van der Waals surface area contributed by atoms with Crippen LogP contribution in [0.4, 0.5) is 13.2 Å². The highest BCUT2D eigenvalue weighted by atomic mass is 19.2. The highest BCUT2D eigenvalue weighted by molar-refractivity contribution is 5.40. The van der Waals surface area contributed by atoms with Crippen LogP contribution in [-0.2, 0) is 0 Å². The van der Waals surface area contributed by atoms with Gasteiger partial charge in [0.15, 0.2) is 23.2 Å². The highest BCUT2D eigenvalue weighted by Gasteiger charge is 2.15. The molecule has 0 saturated heterocycles. The molecule has 2 nitrogen and oxygen atoms in total. The molecule has 0 aliphatic heterocycles. The fraction of sp³-hybridized carbons (Fsp3) is 0.143. The van der Waals surface area contributed by atoms with Crippen LogP contribution in [0.1, 0.15) is 18.6 Å². The molecule has 0 amide bonds. The summed E-state index contributed by atoms with van der Waals surface area (Å²) in [4.78, 5) is 0. The number of aliphatic hydroxyl groups excluding tert-OH is 1. The first-order valence-corrected chi connectivity index (χ1v) is 5.58. The molecule has 5 heteroatoms. The molecule has 0 aliphatic rings. The van der Waals surface area contributed by atoms with Gasteiger partial charge in [0.05, 0.1) is 6.10 Å². The number of halogens is 3. The zero-order chi connectivity index (χ0) is 14.0. The van der Waals surface area contributed by atoms with Gasteiger partial charge in [-0.2, -0.15) is 0 Å². The Morgan fingerprint density at radius 1 is 1.00 bits per heavy atom. The molecule has 0 heterocycles. The zero-order valence-corrected chi connectivity index (χ0v) is 10.0. The molecule has 0 fully saturated rings. The largest absolute Gasteiger partial charge is 0.454 e. The molecule has 0 spiro atoms. The Morgan fingerprint density at radius 3 is 2.37 bits per heavy atom. The molecular weight excluding hydrogens is 257 g/mol. The van der Waals surface area contributed by atoms with Crippen LogP contribution < -0.4 is 4.74 Å². The Kier molecular flexibility index (Phi) is 3.76. The predicted octanol–water partition coefficient (Wildman–Crippen LogP) is 3.95. The van der Waals surface area contributed by atoms with Crippen molar-refractivity contribution in [3.63, 3.8) is 0 Å². The Morgan fingerprint density at radius 2 is 1.74 bits per heavy atom. The van der Waals surface area contributed by atoms with E-state index in [0.717, 1.165) is 18.2 Å². The summed E-state index contributed by atoms with van der Waals surface area (Å²) < 4.78 is 44.7. The first-order chi connectivity index (χ1) is 8.99. The Bertz CT molecular complexity index is 597. The van der Waals surface area contributed by atoms with Gasteiger partial charge in [-0.25, -0.2) is 13.2 Å². The molecule has 1 atom stereocenters. The van der Waals surface area contributed by atoms with Gasteiger partial charge in [0.2, 0.25) is 0 Å². The molecule has 2 rings (SSSR count). The number of ether oxygens (including phenoxy) is 1. The minimum Gasteiger partial charge on any atom is -0.454 e. The summed E-state index contributed by atoms with van der Waals surface area (Å²) in [5, 5.41) is 9.52. The van der Waals surface area contributed by atoms with E-state index in [1.165, 1.54) is 25.1 Å². The third kappa shape index (κ3) is 2.88. The van der Waals surface area contributed by atoms with Gasteiger partial charge in [-0.15, -0.1) is 0 Å². The maximum absolute atomic E-state index is 13.7. The van der Waals surface area contributed by atoms with E-state index in [9.17, 15) is 18.3 Å². The summed E-state index contributed by atoms with van der Waals surface area (Å²) in [5.74, 6) is -3.05. The summed E-state index contributed by atoms with van der Waals surface area (Å²) in [6.45, 7) is 1.45. The Labute approximate surface area is 108 Å². The molecular formula is C14H11F3O2. The van der Waals surface area contributed by atoms with E-state index in [0.29, 0.717) is 0 Å². The molecule has 19 heavy (non-hydrogen) atoms. The van der Waals surface area contributed by atoms with Crippen molar-refractivity contribution in [3.05, 3.63) is 59.4 Å². The number of aliphatic hydroxyl groups is 1.